The molecule has 1 saturated heterocycles. The number of carbonyl (C=O) groups is 3. The smallest absolute Gasteiger partial charge is 0.270 e. The van der Waals surface area contributed by atoms with E-state index < -0.39 is 5.92 Å². The Labute approximate surface area is 297 Å². The summed E-state index contributed by atoms with van der Waals surface area (Å²) in [5.41, 5.74) is 7.01. The highest BCUT2D eigenvalue weighted by Crippen LogP contribution is 2.37. The van der Waals surface area contributed by atoms with Crippen LogP contribution in [0.4, 0.5) is 11.4 Å². The Kier molecular flexibility index (Phi) is 8.27. The molecule has 0 saturated carbocycles. The van der Waals surface area contributed by atoms with Crippen molar-refractivity contribution < 1.29 is 18.8 Å². The third-order valence-electron chi connectivity index (χ3n) is 9.57. The van der Waals surface area contributed by atoms with E-state index in [-0.39, 0.29) is 41.9 Å². The number of imide groups is 1. The molecule has 0 bridgehead atoms. The molecule has 0 radical (unpaired) electrons. The van der Waals surface area contributed by atoms with Crippen molar-refractivity contribution in [1.82, 2.24) is 35.1 Å². The Morgan fingerprint density at radius 1 is 1.02 bits per heavy atom. The second-order valence-corrected chi connectivity index (χ2v) is 12.9. The van der Waals surface area contributed by atoms with Crippen LogP contribution in [0.2, 0.25) is 0 Å². The summed E-state index contributed by atoms with van der Waals surface area (Å²) in [4.78, 5) is 69.9. The molecule has 13 nitrogen and oxygen atoms in total. The van der Waals surface area contributed by atoms with Crippen LogP contribution in [-0.4, -0.2) is 55.3 Å². The average Bonchev–Trinajstić information content (AvgIpc) is 3.58. The summed E-state index contributed by atoms with van der Waals surface area (Å²) < 4.78 is 7.27. The van der Waals surface area contributed by atoms with Crippen LogP contribution in [0.25, 0.3) is 33.3 Å². The van der Waals surface area contributed by atoms with Crippen LogP contribution < -0.4 is 21.1 Å². The van der Waals surface area contributed by atoms with Crippen molar-refractivity contribution in [3.8, 4) is 23.2 Å². The van der Waals surface area contributed by atoms with Gasteiger partial charge in [0.2, 0.25) is 11.8 Å². The fourth-order valence-electron chi connectivity index (χ4n) is 6.87. The highest BCUT2D eigenvalue weighted by molar-refractivity contribution is 6.03. The van der Waals surface area contributed by atoms with Gasteiger partial charge in [-0.3, -0.25) is 34.5 Å². The van der Waals surface area contributed by atoms with Gasteiger partial charge in [0, 0.05) is 59.2 Å². The van der Waals surface area contributed by atoms with Crippen LogP contribution in [0.1, 0.15) is 58.1 Å². The lowest BCUT2D eigenvalue weighted by atomic mass is 9.90. The molecular formula is C39H32N8O5. The minimum atomic E-state index is -0.466. The van der Waals surface area contributed by atoms with Gasteiger partial charge in [-0.1, -0.05) is 11.8 Å². The molecule has 2 aliphatic heterocycles. The Morgan fingerprint density at radius 2 is 1.90 bits per heavy atom. The lowest BCUT2D eigenvalue weighted by Gasteiger charge is -2.31. The highest BCUT2D eigenvalue weighted by atomic mass is 16.3. The zero-order valence-electron chi connectivity index (χ0n) is 28.4. The summed E-state index contributed by atoms with van der Waals surface area (Å²) >= 11 is 0. The third kappa shape index (κ3) is 5.94. The van der Waals surface area contributed by atoms with E-state index in [4.69, 9.17) is 9.40 Å². The third-order valence-corrected chi connectivity index (χ3v) is 9.57. The van der Waals surface area contributed by atoms with E-state index in [0.29, 0.717) is 34.5 Å². The molecule has 2 aliphatic rings. The number of furan rings is 1. The molecular weight excluding hydrogens is 660 g/mol. The zero-order valence-corrected chi connectivity index (χ0v) is 28.4. The largest absolute Gasteiger partial charge is 0.464 e. The predicted octanol–water partition coefficient (Wildman–Crippen LogP) is 4.23. The monoisotopic (exact) mass is 692 g/mol. The van der Waals surface area contributed by atoms with Gasteiger partial charge in [0.25, 0.3) is 11.5 Å². The number of pyridine rings is 3. The maximum Gasteiger partial charge on any atom is 0.270 e. The summed E-state index contributed by atoms with van der Waals surface area (Å²) in [5.74, 6) is 5.09. The molecule has 1 fully saturated rings. The molecule has 2 N–H and O–H groups in total. The summed E-state index contributed by atoms with van der Waals surface area (Å²) in [6.45, 7) is 2.68. The van der Waals surface area contributed by atoms with Gasteiger partial charge in [-0.05, 0) is 62.6 Å². The molecule has 0 aliphatic carbocycles. The number of amides is 3. The second kappa shape index (κ2) is 13.2. The van der Waals surface area contributed by atoms with E-state index in [9.17, 15) is 19.2 Å². The van der Waals surface area contributed by atoms with Crippen molar-refractivity contribution >= 4 is 51.0 Å². The number of aromatic nitrogens is 5. The van der Waals surface area contributed by atoms with Crippen LogP contribution in [0.3, 0.4) is 0 Å². The Morgan fingerprint density at radius 3 is 2.73 bits per heavy atom. The fraction of sp³-hybridized carbons (Fsp3) is 0.231. The first-order valence-corrected chi connectivity index (χ1v) is 16.9. The van der Waals surface area contributed by atoms with Gasteiger partial charge in [0.1, 0.15) is 11.3 Å². The normalized spacial score (nSPS) is 15.6. The SMILES string of the molecule is Cc1cc2c(N3CCCc4nc(-c5ccc(C(=O)NCC#Cc6ccc7occ(C8CCC(=O)NC8=O)c7c6)nc5)ncc43)cncc2n(C)c1=O. The molecule has 13 heteroatoms. The first-order chi connectivity index (χ1) is 25.2. The molecule has 5 aromatic heterocycles. The number of nitrogens with one attached hydrogen (secondary N) is 2. The quantitative estimate of drug-likeness (QED) is 0.197. The van der Waals surface area contributed by atoms with Crippen LogP contribution in [0.5, 0.6) is 0 Å². The minimum absolute atomic E-state index is 0.0475. The van der Waals surface area contributed by atoms with Crippen LogP contribution >= 0.6 is 0 Å². The van der Waals surface area contributed by atoms with E-state index >= 15 is 0 Å². The molecule has 258 valence electrons. The number of anilines is 2. The number of carbonyl (C=O) groups excluding carboxylic acids is 3. The van der Waals surface area contributed by atoms with E-state index in [1.54, 1.807) is 48.5 Å². The van der Waals surface area contributed by atoms with E-state index in [1.807, 2.05) is 37.5 Å². The number of piperidine rings is 1. The maximum absolute atomic E-state index is 12.9. The predicted molar refractivity (Wildman–Crippen MR) is 193 cm³/mol. The van der Waals surface area contributed by atoms with Gasteiger partial charge in [-0.15, -0.1) is 0 Å². The fourth-order valence-corrected chi connectivity index (χ4v) is 6.87. The molecule has 0 spiro atoms. The van der Waals surface area contributed by atoms with Gasteiger partial charge in [0.05, 0.1) is 59.9 Å². The second-order valence-electron chi connectivity index (χ2n) is 12.9. The summed E-state index contributed by atoms with van der Waals surface area (Å²) in [7, 11) is 1.76. The van der Waals surface area contributed by atoms with Gasteiger partial charge in [-0.2, -0.15) is 0 Å². The molecule has 6 aromatic rings. The molecule has 1 unspecified atom stereocenters. The van der Waals surface area contributed by atoms with Crippen molar-refractivity contribution in [2.24, 2.45) is 7.05 Å². The molecule has 1 atom stereocenters. The lowest BCUT2D eigenvalue weighted by molar-refractivity contribution is -0.134. The molecule has 7 heterocycles. The molecule has 3 amide bonds. The van der Waals surface area contributed by atoms with Gasteiger partial charge >= 0.3 is 0 Å². The average molecular weight is 693 g/mol. The van der Waals surface area contributed by atoms with Crippen molar-refractivity contribution in [1.29, 1.82) is 0 Å². The maximum atomic E-state index is 12.9. The van der Waals surface area contributed by atoms with E-state index in [1.165, 1.54) is 0 Å². The van der Waals surface area contributed by atoms with Crippen LogP contribution in [0, 0.1) is 18.8 Å². The number of rotatable bonds is 5. The number of benzene rings is 1. The summed E-state index contributed by atoms with van der Waals surface area (Å²) in [6, 6.07) is 10.8. The van der Waals surface area contributed by atoms with Crippen molar-refractivity contribution in [3.05, 3.63) is 106 Å². The Hall–Kier alpha value is -6.68. The van der Waals surface area contributed by atoms with Crippen LogP contribution in [0.15, 0.2) is 76.7 Å². The van der Waals surface area contributed by atoms with Crippen molar-refractivity contribution in [2.45, 2.75) is 38.5 Å². The standard InChI is InChI=1S/C39H32N8O5/c1-22-15-27-31(46(2)39(22)51)18-40-19-32(27)47-14-4-6-29-33(47)20-43-36(44-29)24-8-10-30(42-17-24)38(50)41-13-3-5-23-7-11-34-26(16-23)28(21-52-34)25-9-12-35(48)45-37(25)49/h7-8,10-11,15-21,25H,4,6,9,12-14H2,1-2H3,(H,41,50)(H,45,48,49). The number of fused-ring (bicyclic) bond motifs is 3. The molecule has 8 rings (SSSR count). The summed E-state index contributed by atoms with van der Waals surface area (Å²) in [5, 5.41) is 6.87. The van der Waals surface area contributed by atoms with Gasteiger partial charge in [-0.25, -0.2) is 9.97 Å². The molecule has 1 aromatic carbocycles. The van der Waals surface area contributed by atoms with Crippen molar-refractivity contribution in [2.75, 3.05) is 18.0 Å². The van der Waals surface area contributed by atoms with Gasteiger partial charge in [0.15, 0.2) is 5.82 Å². The Bertz CT molecular complexity index is 2560. The number of hydrogen-bond donors (Lipinski definition) is 2. The minimum Gasteiger partial charge on any atom is -0.464 e. The number of hydrogen-bond acceptors (Lipinski definition) is 10. The molecule has 52 heavy (non-hydrogen) atoms. The lowest BCUT2D eigenvalue weighted by Crippen LogP contribution is -2.39. The number of aryl methyl sites for hydroxylation is 3. The van der Waals surface area contributed by atoms with Crippen LogP contribution in [-0.2, 0) is 23.1 Å². The Balaban J connectivity index is 0.941. The number of nitrogens with zero attached hydrogens (tertiary/aromatic N) is 6. The first-order valence-electron chi connectivity index (χ1n) is 16.9. The van der Waals surface area contributed by atoms with E-state index in [2.05, 4.69) is 42.3 Å². The van der Waals surface area contributed by atoms with Gasteiger partial charge < -0.3 is 19.2 Å². The highest BCUT2D eigenvalue weighted by Gasteiger charge is 2.30. The zero-order chi connectivity index (χ0) is 35.9. The first kappa shape index (κ1) is 32.5. The van der Waals surface area contributed by atoms with E-state index in [0.717, 1.165) is 58.3 Å². The topological polar surface area (TPSA) is 165 Å². The summed E-state index contributed by atoms with van der Waals surface area (Å²) in [6.07, 6.45) is 10.8. The van der Waals surface area contributed by atoms with Crippen molar-refractivity contribution in [3.63, 3.8) is 0 Å².